The normalized spacial score (nSPS) is 10.9. The van der Waals surface area contributed by atoms with Crippen LogP contribution in [0, 0.1) is 0 Å². The van der Waals surface area contributed by atoms with E-state index in [1.807, 2.05) is 18.2 Å². The number of aliphatic carboxylic acids is 1. The molecule has 5 heteroatoms. The van der Waals surface area contributed by atoms with Crippen molar-refractivity contribution in [3.05, 3.63) is 91.0 Å². The molecule has 4 nitrogen and oxygen atoms in total. The van der Waals surface area contributed by atoms with Gasteiger partial charge in [-0.05, 0) is 25.0 Å². The molecule has 0 amide bonds. The Labute approximate surface area is 199 Å². The molecule has 0 bridgehead atoms. The molecule has 0 fully saturated rings. The maximum absolute atomic E-state index is 10.7. The maximum atomic E-state index is 10.7. The summed E-state index contributed by atoms with van der Waals surface area (Å²) in [7, 11) is 0. The highest BCUT2D eigenvalue weighted by atomic mass is 32.2. The number of carbonyl (C=O) groups is 1. The smallest absolute Gasteiger partial charge is 0.303 e. The van der Waals surface area contributed by atoms with Crippen LogP contribution in [0.25, 0.3) is 28.2 Å². The van der Waals surface area contributed by atoms with Crippen molar-refractivity contribution in [1.82, 2.24) is 9.55 Å². The fourth-order valence-corrected chi connectivity index (χ4v) is 4.88. The molecular formula is C28H28N2O2S. The van der Waals surface area contributed by atoms with Crippen LogP contribution in [0.5, 0.6) is 0 Å². The summed E-state index contributed by atoms with van der Waals surface area (Å²) in [5.41, 5.74) is 5.40. The molecule has 1 heterocycles. The third kappa shape index (κ3) is 5.93. The molecule has 0 aliphatic carbocycles. The quantitative estimate of drug-likeness (QED) is 0.190. The summed E-state index contributed by atoms with van der Waals surface area (Å²) in [6.45, 7) is 0. The van der Waals surface area contributed by atoms with Crippen LogP contribution in [0.2, 0.25) is 0 Å². The van der Waals surface area contributed by atoms with Gasteiger partial charge in [0.25, 0.3) is 0 Å². The summed E-state index contributed by atoms with van der Waals surface area (Å²) < 4.78 is 2.27. The van der Waals surface area contributed by atoms with Gasteiger partial charge in [0.1, 0.15) is 0 Å². The lowest BCUT2D eigenvalue weighted by atomic mass is 10.0. The first-order valence-corrected chi connectivity index (χ1v) is 12.4. The van der Waals surface area contributed by atoms with Gasteiger partial charge in [0.2, 0.25) is 0 Å². The Balaban J connectivity index is 1.67. The summed E-state index contributed by atoms with van der Waals surface area (Å²) in [5.74, 6) is 0.232. The number of carboxylic acid groups (broad SMARTS) is 1. The van der Waals surface area contributed by atoms with E-state index >= 15 is 0 Å². The van der Waals surface area contributed by atoms with E-state index in [9.17, 15) is 4.79 Å². The van der Waals surface area contributed by atoms with Gasteiger partial charge >= 0.3 is 5.97 Å². The van der Waals surface area contributed by atoms with Crippen LogP contribution in [0.3, 0.4) is 0 Å². The van der Waals surface area contributed by atoms with Crippen molar-refractivity contribution in [2.75, 3.05) is 5.75 Å². The molecule has 0 aliphatic rings. The number of rotatable bonds is 11. The molecule has 0 atom stereocenters. The van der Waals surface area contributed by atoms with Crippen molar-refractivity contribution in [3.8, 4) is 28.2 Å². The minimum absolute atomic E-state index is 0.256. The van der Waals surface area contributed by atoms with Crippen LogP contribution in [-0.4, -0.2) is 26.4 Å². The Hall–Kier alpha value is -3.31. The number of benzene rings is 3. The zero-order valence-electron chi connectivity index (χ0n) is 18.6. The Bertz CT molecular complexity index is 1160. The molecule has 168 valence electrons. The second-order valence-electron chi connectivity index (χ2n) is 7.90. The second-order valence-corrected chi connectivity index (χ2v) is 8.96. The Kier molecular flexibility index (Phi) is 7.99. The standard InChI is InChI=1S/C28H28N2O2S/c31-25(32)20-12-1-2-13-21-33-28-29-26(22-14-6-3-7-15-22)27(23-16-8-4-9-17-23)30(28)24-18-10-5-11-19-24/h3-11,14-19H,1-2,12-13,20-21H2,(H,31,32). The molecule has 3 aromatic carbocycles. The van der Waals surface area contributed by atoms with Gasteiger partial charge in [-0.1, -0.05) is 103 Å². The summed E-state index contributed by atoms with van der Waals surface area (Å²) in [6.07, 6.45) is 4.02. The van der Waals surface area contributed by atoms with E-state index in [-0.39, 0.29) is 6.42 Å². The lowest BCUT2D eigenvalue weighted by molar-refractivity contribution is -0.137. The van der Waals surface area contributed by atoms with Crippen molar-refractivity contribution < 1.29 is 9.90 Å². The number of para-hydroxylation sites is 1. The van der Waals surface area contributed by atoms with Crippen molar-refractivity contribution in [1.29, 1.82) is 0 Å². The number of thioether (sulfide) groups is 1. The molecule has 0 spiro atoms. The summed E-state index contributed by atoms with van der Waals surface area (Å²) in [5, 5.41) is 9.78. The minimum Gasteiger partial charge on any atom is -0.481 e. The topological polar surface area (TPSA) is 55.1 Å². The van der Waals surface area contributed by atoms with Gasteiger partial charge in [0.15, 0.2) is 5.16 Å². The molecule has 33 heavy (non-hydrogen) atoms. The lowest BCUT2D eigenvalue weighted by Crippen LogP contribution is -2.00. The second kappa shape index (κ2) is 11.5. The van der Waals surface area contributed by atoms with Crippen LogP contribution in [0.15, 0.2) is 96.2 Å². The van der Waals surface area contributed by atoms with Gasteiger partial charge in [-0.25, -0.2) is 4.98 Å². The third-order valence-corrected chi connectivity index (χ3v) is 6.50. The molecule has 0 saturated carbocycles. The van der Waals surface area contributed by atoms with Gasteiger partial charge in [0.05, 0.1) is 11.4 Å². The van der Waals surface area contributed by atoms with Gasteiger partial charge in [0, 0.05) is 29.0 Å². The van der Waals surface area contributed by atoms with Crippen LogP contribution >= 0.6 is 11.8 Å². The van der Waals surface area contributed by atoms with E-state index in [1.165, 1.54) is 0 Å². The average molecular weight is 457 g/mol. The predicted octanol–water partition coefficient (Wildman–Crippen LogP) is 7.33. The number of hydrogen-bond donors (Lipinski definition) is 1. The molecule has 0 radical (unpaired) electrons. The zero-order chi connectivity index (χ0) is 22.9. The Morgan fingerprint density at radius 2 is 1.33 bits per heavy atom. The van der Waals surface area contributed by atoms with Crippen molar-refractivity contribution in [2.24, 2.45) is 0 Å². The van der Waals surface area contributed by atoms with Gasteiger partial charge in [-0.15, -0.1) is 0 Å². The van der Waals surface area contributed by atoms with Crippen molar-refractivity contribution in [3.63, 3.8) is 0 Å². The van der Waals surface area contributed by atoms with E-state index in [2.05, 4.69) is 77.4 Å². The number of aromatic nitrogens is 2. The Morgan fingerprint density at radius 1 is 0.758 bits per heavy atom. The minimum atomic E-state index is -0.712. The fraction of sp³-hybridized carbons (Fsp3) is 0.214. The first kappa shape index (κ1) is 22.9. The van der Waals surface area contributed by atoms with Crippen molar-refractivity contribution >= 4 is 17.7 Å². The fourth-order valence-electron chi connectivity index (χ4n) is 3.87. The molecule has 4 rings (SSSR count). The van der Waals surface area contributed by atoms with Gasteiger partial charge in [-0.2, -0.15) is 0 Å². The monoisotopic (exact) mass is 456 g/mol. The highest BCUT2D eigenvalue weighted by molar-refractivity contribution is 7.99. The first-order chi connectivity index (χ1) is 16.2. The van der Waals surface area contributed by atoms with Crippen LogP contribution in [0.4, 0.5) is 0 Å². The van der Waals surface area contributed by atoms with E-state index in [1.54, 1.807) is 11.8 Å². The van der Waals surface area contributed by atoms with Crippen LogP contribution in [0.1, 0.15) is 32.1 Å². The van der Waals surface area contributed by atoms with Crippen LogP contribution < -0.4 is 0 Å². The molecule has 0 aliphatic heterocycles. The highest BCUT2D eigenvalue weighted by Gasteiger charge is 2.21. The van der Waals surface area contributed by atoms with E-state index in [0.29, 0.717) is 0 Å². The summed E-state index contributed by atoms with van der Waals surface area (Å²) in [4.78, 5) is 15.8. The largest absolute Gasteiger partial charge is 0.481 e. The molecule has 0 saturated heterocycles. The zero-order valence-corrected chi connectivity index (χ0v) is 19.4. The van der Waals surface area contributed by atoms with Gasteiger partial charge < -0.3 is 5.11 Å². The van der Waals surface area contributed by atoms with E-state index < -0.39 is 5.97 Å². The molecule has 0 unspecified atom stereocenters. The summed E-state index contributed by atoms with van der Waals surface area (Å²) in [6, 6.07) is 31.2. The molecule has 4 aromatic rings. The average Bonchev–Trinajstić information content (AvgIpc) is 3.24. The number of unbranched alkanes of at least 4 members (excludes halogenated alkanes) is 3. The van der Waals surface area contributed by atoms with E-state index in [4.69, 9.17) is 10.1 Å². The van der Waals surface area contributed by atoms with Crippen LogP contribution in [-0.2, 0) is 4.79 Å². The highest BCUT2D eigenvalue weighted by Crippen LogP contribution is 2.38. The van der Waals surface area contributed by atoms with Gasteiger partial charge in [-0.3, -0.25) is 9.36 Å². The number of carboxylic acids is 1. The summed E-state index contributed by atoms with van der Waals surface area (Å²) >= 11 is 1.77. The first-order valence-electron chi connectivity index (χ1n) is 11.4. The predicted molar refractivity (Wildman–Crippen MR) is 136 cm³/mol. The number of hydrogen-bond acceptors (Lipinski definition) is 3. The lowest BCUT2D eigenvalue weighted by Gasteiger charge is -2.13. The SMILES string of the molecule is O=C(O)CCCCCCSc1nc(-c2ccccc2)c(-c2ccccc2)n1-c1ccccc1. The maximum Gasteiger partial charge on any atom is 0.303 e. The molecular weight excluding hydrogens is 428 g/mol. The Morgan fingerprint density at radius 3 is 1.97 bits per heavy atom. The molecule has 1 N–H and O–H groups in total. The van der Waals surface area contributed by atoms with E-state index in [0.717, 1.165) is 64.8 Å². The van der Waals surface area contributed by atoms with Crippen molar-refractivity contribution in [2.45, 2.75) is 37.3 Å². The third-order valence-electron chi connectivity index (χ3n) is 5.47. The number of nitrogens with zero attached hydrogens (tertiary/aromatic N) is 2. The number of imidazole rings is 1. The molecule has 1 aromatic heterocycles.